The topological polar surface area (TPSA) is 23.6 Å². The molecule has 3 heteroatoms. The van der Waals surface area contributed by atoms with Gasteiger partial charge in [0.25, 0.3) is 0 Å². The minimum absolute atomic E-state index is 0.108. The Bertz CT molecular complexity index is 276. The Morgan fingerprint density at radius 2 is 1.42 bits per heavy atom. The summed E-state index contributed by atoms with van der Waals surface area (Å²) in [7, 11) is 2.17. The molecule has 19 heavy (non-hydrogen) atoms. The van der Waals surface area contributed by atoms with Crippen LogP contribution < -0.4 is 0 Å². The van der Waals surface area contributed by atoms with E-state index in [0.717, 1.165) is 32.6 Å². The molecular formula is C16H34N2O. The van der Waals surface area contributed by atoms with E-state index in [1.165, 1.54) is 0 Å². The van der Waals surface area contributed by atoms with Crippen LogP contribution in [0.5, 0.6) is 0 Å². The van der Waals surface area contributed by atoms with Gasteiger partial charge in [-0.2, -0.15) is 0 Å². The maximum atomic E-state index is 11.7. The van der Waals surface area contributed by atoms with E-state index < -0.39 is 0 Å². The number of carbonyl (C=O) groups excluding carboxylic acids is 1. The molecule has 0 unspecified atom stereocenters. The Hall–Kier alpha value is -0.410. The lowest BCUT2D eigenvalue weighted by Gasteiger charge is -2.46. The molecule has 1 fully saturated rings. The number of carbonyl (C=O) groups is 1. The SMILES string of the molecule is CC.CC(=O)C(C)(C)CC(C)(C)N1CCN(C)CC1. The van der Waals surface area contributed by atoms with Crippen molar-refractivity contribution >= 4 is 5.78 Å². The minimum Gasteiger partial charge on any atom is -0.304 e. The number of hydrogen-bond acceptors (Lipinski definition) is 3. The van der Waals surface area contributed by atoms with Crippen LogP contribution in [0, 0.1) is 5.41 Å². The molecule has 0 amide bonds. The second-order valence-corrected chi connectivity index (χ2v) is 6.72. The van der Waals surface area contributed by atoms with Crippen LogP contribution in [0.2, 0.25) is 0 Å². The summed E-state index contributed by atoms with van der Waals surface area (Å²) in [5, 5.41) is 0. The molecule has 0 aliphatic carbocycles. The lowest BCUT2D eigenvalue weighted by molar-refractivity contribution is -0.127. The highest BCUT2D eigenvalue weighted by Gasteiger charge is 2.36. The number of likely N-dealkylation sites (N-methyl/N-ethyl adjacent to an activating group) is 1. The second-order valence-electron chi connectivity index (χ2n) is 6.72. The zero-order valence-corrected chi connectivity index (χ0v) is 14.3. The summed E-state index contributed by atoms with van der Waals surface area (Å²) in [6, 6.07) is 0. The first kappa shape index (κ1) is 18.6. The molecule has 0 aromatic carbocycles. The third-order valence-corrected chi connectivity index (χ3v) is 4.19. The monoisotopic (exact) mass is 270 g/mol. The molecule has 0 N–H and O–H groups in total. The molecule has 1 rings (SSSR count). The molecule has 0 bridgehead atoms. The zero-order chi connectivity index (χ0) is 15.3. The Morgan fingerprint density at radius 1 is 1.00 bits per heavy atom. The van der Waals surface area contributed by atoms with Crippen LogP contribution >= 0.6 is 0 Å². The lowest BCUT2D eigenvalue weighted by atomic mass is 9.76. The van der Waals surface area contributed by atoms with Gasteiger partial charge in [-0.1, -0.05) is 27.7 Å². The fourth-order valence-electron chi connectivity index (χ4n) is 2.73. The maximum Gasteiger partial charge on any atom is 0.135 e. The van der Waals surface area contributed by atoms with Gasteiger partial charge in [0, 0.05) is 37.1 Å². The van der Waals surface area contributed by atoms with Crippen molar-refractivity contribution in [2.24, 2.45) is 5.41 Å². The van der Waals surface area contributed by atoms with Gasteiger partial charge in [0.2, 0.25) is 0 Å². The van der Waals surface area contributed by atoms with Crippen LogP contribution in [-0.2, 0) is 4.79 Å². The van der Waals surface area contributed by atoms with E-state index in [-0.39, 0.29) is 11.0 Å². The van der Waals surface area contributed by atoms with Crippen molar-refractivity contribution in [3.63, 3.8) is 0 Å². The summed E-state index contributed by atoms with van der Waals surface area (Å²) in [6.45, 7) is 18.8. The first-order chi connectivity index (χ1) is 8.65. The van der Waals surface area contributed by atoms with Crippen molar-refractivity contribution in [1.29, 1.82) is 0 Å². The van der Waals surface area contributed by atoms with Gasteiger partial charge in [0.05, 0.1) is 0 Å². The number of hydrogen-bond donors (Lipinski definition) is 0. The van der Waals surface area contributed by atoms with E-state index in [4.69, 9.17) is 0 Å². The van der Waals surface area contributed by atoms with Crippen LogP contribution in [0.25, 0.3) is 0 Å². The number of Topliss-reactive ketones (excluding diaryl/α,β-unsaturated/α-hetero) is 1. The average molecular weight is 270 g/mol. The quantitative estimate of drug-likeness (QED) is 0.784. The van der Waals surface area contributed by atoms with Gasteiger partial charge in [0.1, 0.15) is 5.78 Å². The van der Waals surface area contributed by atoms with Gasteiger partial charge < -0.3 is 4.90 Å². The zero-order valence-electron chi connectivity index (χ0n) is 14.3. The van der Waals surface area contributed by atoms with Gasteiger partial charge in [0.15, 0.2) is 0 Å². The van der Waals surface area contributed by atoms with Crippen molar-refractivity contribution < 1.29 is 4.79 Å². The van der Waals surface area contributed by atoms with Crippen LogP contribution in [0.4, 0.5) is 0 Å². The third kappa shape index (κ3) is 5.62. The Balaban J connectivity index is 0.00000154. The van der Waals surface area contributed by atoms with E-state index in [0.29, 0.717) is 5.78 Å². The van der Waals surface area contributed by atoms with E-state index >= 15 is 0 Å². The van der Waals surface area contributed by atoms with Crippen molar-refractivity contribution in [3.8, 4) is 0 Å². The Morgan fingerprint density at radius 3 is 1.79 bits per heavy atom. The molecule has 0 spiro atoms. The van der Waals surface area contributed by atoms with Crippen molar-refractivity contribution in [1.82, 2.24) is 9.80 Å². The first-order valence-corrected chi connectivity index (χ1v) is 7.60. The van der Waals surface area contributed by atoms with Crippen LogP contribution in [0.1, 0.15) is 54.9 Å². The summed E-state index contributed by atoms with van der Waals surface area (Å²) >= 11 is 0. The van der Waals surface area contributed by atoms with E-state index in [1.807, 2.05) is 13.8 Å². The fourth-order valence-corrected chi connectivity index (χ4v) is 2.73. The molecule has 114 valence electrons. The predicted octanol–water partition coefficient (Wildman–Crippen LogP) is 3.04. The molecule has 0 aromatic heterocycles. The highest BCUT2D eigenvalue weighted by molar-refractivity contribution is 5.81. The third-order valence-electron chi connectivity index (χ3n) is 4.19. The molecular weight excluding hydrogens is 236 g/mol. The van der Waals surface area contributed by atoms with Gasteiger partial charge in [-0.25, -0.2) is 0 Å². The number of piperazine rings is 1. The van der Waals surface area contributed by atoms with E-state index in [2.05, 4.69) is 44.5 Å². The minimum atomic E-state index is -0.215. The van der Waals surface area contributed by atoms with Gasteiger partial charge in [-0.3, -0.25) is 9.69 Å². The predicted molar refractivity (Wildman–Crippen MR) is 83.6 cm³/mol. The summed E-state index contributed by atoms with van der Waals surface area (Å²) in [6.07, 6.45) is 0.930. The summed E-state index contributed by atoms with van der Waals surface area (Å²) < 4.78 is 0. The number of rotatable bonds is 4. The van der Waals surface area contributed by atoms with Gasteiger partial charge in [-0.05, 0) is 34.2 Å². The molecule has 0 atom stereocenters. The average Bonchev–Trinajstić information content (AvgIpc) is 2.30. The largest absolute Gasteiger partial charge is 0.304 e. The molecule has 1 aliphatic heterocycles. The van der Waals surface area contributed by atoms with Crippen LogP contribution in [0.3, 0.4) is 0 Å². The molecule has 1 aliphatic rings. The van der Waals surface area contributed by atoms with Gasteiger partial charge in [-0.15, -0.1) is 0 Å². The van der Waals surface area contributed by atoms with Crippen molar-refractivity contribution in [2.45, 2.75) is 60.4 Å². The summed E-state index contributed by atoms with van der Waals surface area (Å²) in [5.41, 5.74) is -0.108. The smallest absolute Gasteiger partial charge is 0.135 e. The molecule has 1 saturated heterocycles. The summed E-state index contributed by atoms with van der Waals surface area (Å²) in [4.78, 5) is 16.5. The number of nitrogens with zero attached hydrogens (tertiary/aromatic N) is 2. The highest BCUT2D eigenvalue weighted by Crippen LogP contribution is 2.32. The van der Waals surface area contributed by atoms with Crippen molar-refractivity contribution in [3.05, 3.63) is 0 Å². The lowest BCUT2D eigenvalue weighted by Crippen LogP contribution is -2.55. The number of ketones is 1. The molecule has 0 radical (unpaired) electrons. The van der Waals surface area contributed by atoms with Crippen molar-refractivity contribution in [2.75, 3.05) is 33.2 Å². The summed E-state index contributed by atoms with van der Waals surface area (Å²) in [5.74, 6) is 0.291. The molecule has 3 nitrogen and oxygen atoms in total. The normalized spacial score (nSPS) is 18.7. The van der Waals surface area contributed by atoms with Crippen LogP contribution in [0.15, 0.2) is 0 Å². The molecule has 0 saturated carbocycles. The molecule has 0 aromatic rings. The standard InChI is InChI=1S/C14H28N2O.C2H6/c1-12(17)13(2,3)11-14(4,5)16-9-7-15(6)8-10-16;1-2/h7-11H2,1-6H3;1-2H3. The Kier molecular flexibility index (Phi) is 7.23. The Labute approximate surface area is 120 Å². The first-order valence-electron chi connectivity index (χ1n) is 7.60. The van der Waals surface area contributed by atoms with Crippen LogP contribution in [-0.4, -0.2) is 54.3 Å². The fraction of sp³-hybridized carbons (Fsp3) is 0.938. The second kappa shape index (κ2) is 7.39. The maximum absolute atomic E-state index is 11.7. The highest BCUT2D eigenvalue weighted by atomic mass is 16.1. The van der Waals surface area contributed by atoms with Gasteiger partial charge >= 0.3 is 0 Å². The molecule has 1 heterocycles. The van der Waals surface area contributed by atoms with E-state index in [9.17, 15) is 4.79 Å². The van der Waals surface area contributed by atoms with E-state index in [1.54, 1.807) is 6.92 Å².